The summed E-state index contributed by atoms with van der Waals surface area (Å²) in [5, 5.41) is 4.49. The fourth-order valence-corrected chi connectivity index (χ4v) is 5.33. The molecule has 2 N–H and O–H groups in total. The lowest BCUT2D eigenvalue weighted by atomic mass is 10.0. The van der Waals surface area contributed by atoms with Crippen molar-refractivity contribution in [2.75, 3.05) is 10.0 Å². The Hall–Kier alpha value is -3.95. The van der Waals surface area contributed by atoms with Crippen LogP contribution in [-0.4, -0.2) is 26.4 Å². The lowest BCUT2D eigenvalue weighted by Gasteiger charge is -2.16. The standard InChI is InChI=1S/C26H22N2O5S2/c1-18(25(29)27-23-11-6-5-10-22(23)19-8-3-2-4-9-19)33-26(30)20-13-15-21(16-14-20)28-35(31,32)24-12-7-17-34-24/h2-18,28H,1H3,(H,27,29)/t18-/m1/s1. The summed E-state index contributed by atoms with van der Waals surface area (Å²) in [5.41, 5.74) is 2.89. The van der Waals surface area contributed by atoms with Crippen molar-refractivity contribution in [3.8, 4) is 11.1 Å². The van der Waals surface area contributed by atoms with Crippen LogP contribution in [0.3, 0.4) is 0 Å². The minimum atomic E-state index is -3.69. The number of anilines is 2. The number of rotatable bonds is 8. The summed E-state index contributed by atoms with van der Waals surface area (Å²) in [5.74, 6) is -1.17. The minimum absolute atomic E-state index is 0.188. The van der Waals surface area contributed by atoms with E-state index in [2.05, 4.69) is 10.0 Å². The van der Waals surface area contributed by atoms with Gasteiger partial charge in [0.25, 0.3) is 15.9 Å². The molecular formula is C26H22N2O5S2. The largest absolute Gasteiger partial charge is 0.449 e. The number of ether oxygens (including phenoxy) is 1. The Kier molecular flexibility index (Phi) is 7.28. The van der Waals surface area contributed by atoms with Gasteiger partial charge in [-0.05, 0) is 54.3 Å². The van der Waals surface area contributed by atoms with E-state index in [1.165, 1.54) is 37.3 Å². The quantitative estimate of drug-likeness (QED) is 0.312. The van der Waals surface area contributed by atoms with Crippen LogP contribution in [0.5, 0.6) is 0 Å². The predicted octanol–water partition coefficient (Wildman–Crippen LogP) is 5.40. The maximum Gasteiger partial charge on any atom is 0.338 e. The molecule has 4 rings (SSSR count). The van der Waals surface area contributed by atoms with Gasteiger partial charge in [0, 0.05) is 16.9 Å². The maximum atomic E-state index is 12.7. The van der Waals surface area contributed by atoms with Crippen molar-refractivity contribution in [2.24, 2.45) is 0 Å². The van der Waals surface area contributed by atoms with Crippen LogP contribution < -0.4 is 10.0 Å². The molecule has 0 spiro atoms. The van der Waals surface area contributed by atoms with Gasteiger partial charge in [-0.25, -0.2) is 13.2 Å². The highest BCUT2D eigenvalue weighted by molar-refractivity contribution is 7.94. The van der Waals surface area contributed by atoms with Crippen LogP contribution in [0.2, 0.25) is 0 Å². The van der Waals surface area contributed by atoms with E-state index in [0.29, 0.717) is 11.4 Å². The smallest absolute Gasteiger partial charge is 0.338 e. The first-order valence-electron chi connectivity index (χ1n) is 10.7. The number of hydrogen-bond acceptors (Lipinski definition) is 6. The molecule has 0 saturated heterocycles. The third-order valence-corrected chi connectivity index (χ3v) is 7.83. The average Bonchev–Trinajstić information content (AvgIpc) is 3.41. The maximum absolute atomic E-state index is 12.7. The van der Waals surface area contributed by atoms with Crippen molar-refractivity contribution in [2.45, 2.75) is 17.2 Å². The molecule has 35 heavy (non-hydrogen) atoms. The molecule has 0 unspecified atom stereocenters. The molecular weight excluding hydrogens is 484 g/mol. The van der Waals surface area contributed by atoms with Gasteiger partial charge in [0.2, 0.25) is 0 Å². The number of carbonyl (C=O) groups excluding carboxylic acids is 2. The molecule has 0 radical (unpaired) electrons. The molecule has 1 aromatic heterocycles. The number of para-hydroxylation sites is 1. The third-order valence-electron chi connectivity index (χ3n) is 5.06. The Morgan fingerprint density at radius 2 is 1.54 bits per heavy atom. The molecule has 0 fully saturated rings. The van der Waals surface area contributed by atoms with E-state index in [-0.39, 0.29) is 9.77 Å². The number of carbonyl (C=O) groups is 2. The molecule has 0 aliphatic rings. The van der Waals surface area contributed by atoms with E-state index in [1.54, 1.807) is 17.5 Å². The zero-order chi connectivity index (χ0) is 24.8. The van der Waals surface area contributed by atoms with Crippen LogP contribution in [0, 0.1) is 0 Å². The molecule has 1 amide bonds. The molecule has 0 aliphatic heterocycles. The van der Waals surface area contributed by atoms with E-state index < -0.39 is 28.0 Å². The van der Waals surface area contributed by atoms with E-state index in [1.807, 2.05) is 48.5 Å². The van der Waals surface area contributed by atoms with Crippen LogP contribution in [0.4, 0.5) is 11.4 Å². The van der Waals surface area contributed by atoms with Gasteiger partial charge >= 0.3 is 5.97 Å². The van der Waals surface area contributed by atoms with Gasteiger partial charge in [-0.3, -0.25) is 9.52 Å². The second-order valence-corrected chi connectivity index (χ2v) is 10.4. The van der Waals surface area contributed by atoms with Crippen LogP contribution in [0.15, 0.2) is 101 Å². The first kappa shape index (κ1) is 24.2. The van der Waals surface area contributed by atoms with Gasteiger partial charge in [-0.2, -0.15) is 0 Å². The number of nitrogens with one attached hydrogen (secondary N) is 2. The molecule has 0 bridgehead atoms. The molecule has 3 aromatic carbocycles. The molecule has 1 heterocycles. The van der Waals surface area contributed by atoms with E-state index in [9.17, 15) is 18.0 Å². The van der Waals surface area contributed by atoms with Crippen LogP contribution >= 0.6 is 11.3 Å². The zero-order valence-electron chi connectivity index (χ0n) is 18.7. The van der Waals surface area contributed by atoms with Gasteiger partial charge < -0.3 is 10.1 Å². The van der Waals surface area contributed by atoms with Gasteiger partial charge in [0.1, 0.15) is 4.21 Å². The van der Waals surface area contributed by atoms with E-state index in [4.69, 9.17) is 4.74 Å². The van der Waals surface area contributed by atoms with Crippen molar-refractivity contribution < 1.29 is 22.7 Å². The minimum Gasteiger partial charge on any atom is -0.449 e. The Bertz CT molecular complexity index is 1420. The topological polar surface area (TPSA) is 102 Å². The van der Waals surface area contributed by atoms with Gasteiger partial charge in [0.05, 0.1) is 5.56 Å². The fourth-order valence-electron chi connectivity index (χ4n) is 3.27. The normalized spacial score (nSPS) is 11.9. The highest BCUT2D eigenvalue weighted by atomic mass is 32.2. The molecule has 4 aromatic rings. The monoisotopic (exact) mass is 506 g/mol. The summed E-state index contributed by atoms with van der Waals surface area (Å²) in [7, 11) is -3.69. The Balaban J connectivity index is 1.38. The Labute approximate surface area is 207 Å². The van der Waals surface area contributed by atoms with Crippen LogP contribution in [-0.2, 0) is 19.6 Å². The first-order valence-corrected chi connectivity index (χ1v) is 13.0. The second-order valence-electron chi connectivity index (χ2n) is 7.56. The molecule has 178 valence electrons. The first-order chi connectivity index (χ1) is 16.8. The van der Waals surface area contributed by atoms with Crippen LogP contribution in [0.1, 0.15) is 17.3 Å². The molecule has 1 atom stereocenters. The molecule has 0 aliphatic carbocycles. The van der Waals surface area contributed by atoms with Crippen molar-refractivity contribution >= 4 is 44.6 Å². The van der Waals surface area contributed by atoms with Crippen LogP contribution in [0.25, 0.3) is 11.1 Å². The number of sulfonamides is 1. The van der Waals surface area contributed by atoms with Crippen molar-refractivity contribution in [3.63, 3.8) is 0 Å². The van der Waals surface area contributed by atoms with E-state index >= 15 is 0 Å². The molecule has 0 saturated carbocycles. The Morgan fingerprint density at radius 3 is 2.23 bits per heavy atom. The van der Waals surface area contributed by atoms with E-state index in [0.717, 1.165) is 22.5 Å². The number of thiophene rings is 1. The Morgan fingerprint density at radius 1 is 0.857 bits per heavy atom. The highest BCUT2D eigenvalue weighted by Crippen LogP contribution is 2.28. The molecule has 9 heteroatoms. The predicted molar refractivity (Wildman–Crippen MR) is 137 cm³/mol. The number of amides is 1. The van der Waals surface area contributed by atoms with Gasteiger partial charge in [-0.1, -0.05) is 54.6 Å². The molecule has 7 nitrogen and oxygen atoms in total. The van der Waals surface area contributed by atoms with Crippen molar-refractivity contribution in [1.82, 2.24) is 0 Å². The summed E-state index contributed by atoms with van der Waals surface area (Å²) in [6.45, 7) is 1.49. The van der Waals surface area contributed by atoms with Gasteiger partial charge in [-0.15, -0.1) is 11.3 Å². The summed E-state index contributed by atoms with van der Waals surface area (Å²) in [6, 6.07) is 25.9. The SMILES string of the molecule is C[C@@H](OC(=O)c1ccc(NS(=O)(=O)c2cccs2)cc1)C(=O)Nc1ccccc1-c1ccccc1. The lowest BCUT2D eigenvalue weighted by molar-refractivity contribution is -0.123. The zero-order valence-corrected chi connectivity index (χ0v) is 20.3. The average molecular weight is 507 g/mol. The number of hydrogen-bond donors (Lipinski definition) is 2. The summed E-state index contributed by atoms with van der Waals surface area (Å²) >= 11 is 1.10. The third kappa shape index (κ3) is 5.95. The number of benzene rings is 3. The number of esters is 1. The highest BCUT2D eigenvalue weighted by Gasteiger charge is 2.21. The van der Waals surface area contributed by atoms with Crippen molar-refractivity contribution in [1.29, 1.82) is 0 Å². The van der Waals surface area contributed by atoms with Gasteiger partial charge in [0.15, 0.2) is 6.10 Å². The fraction of sp³-hybridized carbons (Fsp3) is 0.0769. The summed E-state index contributed by atoms with van der Waals surface area (Å²) in [6.07, 6.45) is -1.05. The second kappa shape index (κ2) is 10.5. The van der Waals surface area contributed by atoms with Crippen molar-refractivity contribution in [3.05, 3.63) is 102 Å². The lowest BCUT2D eigenvalue weighted by Crippen LogP contribution is -2.30. The summed E-state index contributed by atoms with van der Waals surface area (Å²) < 4.78 is 32.6. The summed E-state index contributed by atoms with van der Waals surface area (Å²) in [4.78, 5) is 25.3.